The van der Waals surface area contributed by atoms with E-state index in [4.69, 9.17) is 0 Å². The SMILES string of the molecule is CC(=O)/C=C/P. The lowest BCUT2D eigenvalue weighted by Gasteiger charge is -1.68. The van der Waals surface area contributed by atoms with Crippen molar-refractivity contribution in [2.24, 2.45) is 0 Å². The number of carbonyl (C=O) groups excluding carboxylic acids is 1. The van der Waals surface area contributed by atoms with Crippen molar-refractivity contribution in [2.45, 2.75) is 6.92 Å². The van der Waals surface area contributed by atoms with Crippen molar-refractivity contribution in [3.05, 3.63) is 11.9 Å². The van der Waals surface area contributed by atoms with Gasteiger partial charge in [0.25, 0.3) is 0 Å². The van der Waals surface area contributed by atoms with Crippen molar-refractivity contribution < 1.29 is 4.79 Å². The van der Waals surface area contributed by atoms with E-state index in [-0.39, 0.29) is 5.78 Å². The predicted molar refractivity (Wildman–Crippen MR) is 29.5 cm³/mol. The van der Waals surface area contributed by atoms with E-state index in [2.05, 4.69) is 9.24 Å². The fraction of sp³-hybridized carbons (Fsp3) is 0.250. The molecule has 1 nitrogen and oxygen atoms in total. The Kier molecular flexibility index (Phi) is 2.97. The number of rotatable bonds is 1. The van der Waals surface area contributed by atoms with Crippen LogP contribution in [0.4, 0.5) is 0 Å². The molecule has 0 aromatic carbocycles. The molecule has 6 heavy (non-hydrogen) atoms. The van der Waals surface area contributed by atoms with Crippen LogP contribution in [0.3, 0.4) is 0 Å². The third-order valence-electron chi connectivity index (χ3n) is 0.331. The highest BCUT2D eigenvalue weighted by Crippen LogP contribution is 1.81. The molecule has 0 amide bonds. The van der Waals surface area contributed by atoms with Gasteiger partial charge >= 0.3 is 0 Å². The molecular weight excluding hydrogens is 95.0 g/mol. The molecule has 0 rings (SSSR count). The molecule has 0 saturated carbocycles. The smallest absolute Gasteiger partial charge is 0.152 e. The monoisotopic (exact) mass is 102 g/mol. The topological polar surface area (TPSA) is 17.1 Å². The second kappa shape index (κ2) is 3.05. The van der Waals surface area contributed by atoms with Gasteiger partial charge in [-0.15, -0.1) is 9.24 Å². The Hall–Kier alpha value is -0.160. The van der Waals surface area contributed by atoms with Gasteiger partial charge in [-0.25, -0.2) is 0 Å². The average molecular weight is 102 g/mol. The molecule has 0 bridgehead atoms. The fourth-order valence-corrected chi connectivity index (χ4v) is 0.407. The number of carbonyl (C=O) groups is 1. The van der Waals surface area contributed by atoms with Gasteiger partial charge in [0.05, 0.1) is 0 Å². The molecule has 0 fully saturated rings. The van der Waals surface area contributed by atoms with E-state index >= 15 is 0 Å². The van der Waals surface area contributed by atoms with Gasteiger partial charge in [0.15, 0.2) is 5.78 Å². The van der Waals surface area contributed by atoms with Crippen molar-refractivity contribution in [2.75, 3.05) is 0 Å². The van der Waals surface area contributed by atoms with Crippen LogP contribution in [0.2, 0.25) is 0 Å². The number of hydrogen-bond acceptors (Lipinski definition) is 1. The van der Waals surface area contributed by atoms with E-state index < -0.39 is 0 Å². The molecule has 0 spiro atoms. The summed E-state index contributed by atoms with van der Waals surface area (Å²) in [6.07, 6.45) is 1.49. The molecule has 0 aromatic rings. The van der Waals surface area contributed by atoms with Gasteiger partial charge in [0.2, 0.25) is 0 Å². The first-order valence-corrected chi connectivity index (χ1v) is 2.33. The Bertz CT molecular complexity index is 75.6. The Labute approximate surface area is 39.6 Å². The summed E-state index contributed by atoms with van der Waals surface area (Å²) in [6.45, 7) is 1.51. The molecule has 0 aliphatic carbocycles. The minimum Gasteiger partial charge on any atom is -0.295 e. The first-order valence-electron chi connectivity index (χ1n) is 1.66. The van der Waals surface area contributed by atoms with Crippen LogP contribution >= 0.6 is 9.24 Å². The van der Waals surface area contributed by atoms with Crippen molar-refractivity contribution >= 4 is 15.0 Å². The summed E-state index contributed by atoms with van der Waals surface area (Å²) in [6, 6.07) is 0. The van der Waals surface area contributed by atoms with Gasteiger partial charge in [-0.3, -0.25) is 4.79 Å². The molecule has 0 N–H and O–H groups in total. The van der Waals surface area contributed by atoms with Gasteiger partial charge in [0, 0.05) is 0 Å². The minimum atomic E-state index is 0.0880. The average Bonchev–Trinajstić information content (AvgIpc) is 1.35. The van der Waals surface area contributed by atoms with Gasteiger partial charge in [-0.1, -0.05) is 5.82 Å². The van der Waals surface area contributed by atoms with Crippen LogP contribution in [-0.2, 0) is 4.79 Å². The zero-order valence-corrected chi connectivity index (χ0v) is 4.79. The van der Waals surface area contributed by atoms with Crippen molar-refractivity contribution in [3.8, 4) is 0 Å². The highest BCUT2D eigenvalue weighted by atomic mass is 31.0. The molecule has 0 radical (unpaired) electrons. The zero-order chi connectivity index (χ0) is 4.99. The van der Waals surface area contributed by atoms with Gasteiger partial charge < -0.3 is 0 Å². The van der Waals surface area contributed by atoms with Crippen molar-refractivity contribution in [1.82, 2.24) is 0 Å². The van der Waals surface area contributed by atoms with Crippen LogP contribution in [0.1, 0.15) is 6.92 Å². The van der Waals surface area contributed by atoms with Crippen LogP contribution in [0.15, 0.2) is 11.9 Å². The van der Waals surface area contributed by atoms with E-state index in [0.29, 0.717) is 0 Å². The van der Waals surface area contributed by atoms with Crippen LogP contribution in [0, 0.1) is 0 Å². The molecule has 0 aliphatic heterocycles. The third kappa shape index (κ3) is 3.84. The first kappa shape index (κ1) is 5.84. The Balaban J connectivity index is 3.30. The molecule has 0 aliphatic rings. The van der Waals surface area contributed by atoms with Crippen LogP contribution < -0.4 is 0 Å². The minimum absolute atomic E-state index is 0.0880. The standard InChI is InChI=1S/C4H7OP/c1-4(5)2-3-6/h2-3H,6H2,1H3/b3-2+. The predicted octanol–water partition coefficient (Wildman–Crippen LogP) is 0.964. The van der Waals surface area contributed by atoms with Gasteiger partial charge in [-0.05, 0) is 13.0 Å². The summed E-state index contributed by atoms with van der Waals surface area (Å²) >= 11 is 0. The van der Waals surface area contributed by atoms with Crippen molar-refractivity contribution in [3.63, 3.8) is 0 Å². The highest BCUT2D eigenvalue weighted by molar-refractivity contribution is 7.20. The molecule has 0 heterocycles. The maximum absolute atomic E-state index is 9.94. The van der Waals surface area contributed by atoms with E-state index in [1.807, 2.05) is 0 Å². The lowest BCUT2D eigenvalue weighted by molar-refractivity contribution is -0.112. The lowest BCUT2D eigenvalue weighted by Crippen LogP contribution is -1.75. The molecule has 1 atom stereocenters. The quantitative estimate of drug-likeness (QED) is 0.356. The van der Waals surface area contributed by atoms with E-state index in [1.54, 1.807) is 5.82 Å². The van der Waals surface area contributed by atoms with E-state index in [1.165, 1.54) is 13.0 Å². The normalized spacial score (nSPS) is 9.67. The second-order valence-electron chi connectivity index (χ2n) is 0.970. The second-order valence-corrected chi connectivity index (χ2v) is 1.35. The molecule has 0 aromatic heterocycles. The van der Waals surface area contributed by atoms with Crippen molar-refractivity contribution in [1.29, 1.82) is 0 Å². The summed E-state index contributed by atoms with van der Waals surface area (Å²) in [7, 11) is 2.32. The number of ketones is 1. The highest BCUT2D eigenvalue weighted by Gasteiger charge is 1.73. The lowest BCUT2D eigenvalue weighted by atomic mass is 10.5. The summed E-state index contributed by atoms with van der Waals surface area (Å²) in [5, 5.41) is 0. The fourth-order valence-electron chi connectivity index (χ4n) is 0.136. The molecule has 0 saturated heterocycles. The van der Waals surface area contributed by atoms with Gasteiger partial charge in [0.1, 0.15) is 0 Å². The molecule has 34 valence electrons. The Morgan fingerprint density at radius 3 is 2.33 bits per heavy atom. The van der Waals surface area contributed by atoms with Gasteiger partial charge in [-0.2, -0.15) is 0 Å². The molecular formula is C4H7OP. The molecule has 1 unspecified atom stereocenters. The zero-order valence-electron chi connectivity index (χ0n) is 3.64. The summed E-state index contributed by atoms with van der Waals surface area (Å²) in [4.78, 5) is 9.94. The summed E-state index contributed by atoms with van der Waals surface area (Å²) < 4.78 is 0. The van der Waals surface area contributed by atoms with E-state index in [9.17, 15) is 4.79 Å². The number of allylic oxidation sites excluding steroid dienone is 1. The first-order chi connectivity index (χ1) is 2.77. The largest absolute Gasteiger partial charge is 0.295 e. The third-order valence-corrected chi connectivity index (χ3v) is 0.523. The number of hydrogen-bond donors (Lipinski definition) is 0. The Morgan fingerprint density at radius 1 is 1.83 bits per heavy atom. The van der Waals surface area contributed by atoms with Crippen LogP contribution in [0.25, 0.3) is 0 Å². The maximum atomic E-state index is 9.94. The van der Waals surface area contributed by atoms with Crippen LogP contribution in [0.5, 0.6) is 0 Å². The summed E-state index contributed by atoms with van der Waals surface area (Å²) in [5.41, 5.74) is 0. The van der Waals surface area contributed by atoms with E-state index in [0.717, 1.165) is 0 Å². The summed E-state index contributed by atoms with van der Waals surface area (Å²) in [5.74, 6) is 1.73. The van der Waals surface area contributed by atoms with Crippen LogP contribution in [-0.4, -0.2) is 5.78 Å². The Morgan fingerprint density at radius 2 is 2.33 bits per heavy atom. The maximum Gasteiger partial charge on any atom is 0.152 e. The molecule has 2 heteroatoms.